The Hall–Kier alpha value is -3.86. The van der Waals surface area contributed by atoms with Crippen molar-refractivity contribution in [3.63, 3.8) is 0 Å². The summed E-state index contributed by atoms with van der Waals surface area (Å²) in [5.74, 6) is 1.26. The van der Waals surface area contributed by atoms with Crippen LogP contribution in [0.5, 0.6) is 11.5 Å². The van der Waals surface area contributed by atoms with Crippen molar-refractivity contribution in [2.75, 3.05) is 13.2 Å². The van der Waals surface area contributed by atoms with Crippen LogP contribution in [0.1, 0.15) is 5.56 Å². The van der Waals surface area contributed by atoms with Crippen molar-refractivity contribution in [3.05, 3.63) is 58.4 Å². The molecule has 0 aliphatic carbocycles. The zero-order valence-corrected chi connectivity index (χ0v) is 13.5. The fraction of sp³-hybridized carbons (Fsp3) is 0.111. The quantitative estimate of drug-likeness (QED) is 0.706. The van der Waals surface area contributed by atoms with Gasteiger partial charge in [0.15, 0.2) is 17.2 Å². The highest BCUT2D eigenvalue weighted by molar-refractivity contribution is 5.73. The molecule has 1 aromatic heterocycles. The molecule has 0 saturated carbocycles. The van der Waals surface area contributed by atoms with Crippen molar-refractivity contribution < 1.29 is 9.47 Å². The van der Waals surface area contributed by atoms with Gasteiger partial charge in [-0.05, 0) is 30.3 Å². The number of azo groups is 1. The van der Waals surface area contributed by atoms with Crippen molar-refractivity contribution >= 4 is 11.4 Å². The Morgan fingerprint density at radius 3 is 2.65 bits per heavy atom. The van der Waals surface area contributed by atoms with Crippen LogP contribution in [-0.2, 0) is 0 Å². The Bertz CT molecular complexity index is 1090. The molecule has 0 saturated heterocycles. The summed E-state index contributed by atoms with van der Waals surface area (Å²) in [6.07, 6.45) is 0. The molecule has 1 aliphatic rings. The standard InChI is InChI=1S/C18H13N5O3/c19-10-12-3-1-2-4-13(12)20-22-17-16(21-23-18(17)24)11-5-6-14-15(9-11)26-8-7-25-14/h1-6,9H,7-8H2,(H2,21,23,24). The SMILES string of the molecule is N#Cc1ccccc1N=Nc1c(-c2ccc3c(c2)OCCO3)[nH][nH]c1=O. The van der Waals surface area contributed by atoms with Crippen molar-refractivity contribution in [2.24, 2.45) is 10.2 Å². The van der Waals surface area contributed by atoms with Gasteiger partial charge in [-0.25, -0.2) is 0 Å². The number of aromatic amines is 2. The van der Waals surface area contributed by atoms with Crippen LogP contribution in [0.2, 0.25) is 0 Å². The summed E-state index contributed by atoms with van der Waals surface area (Å²) < 4.78 is 11.1. The number of nitrogens with one attached hydrogen (secondary N) is 2. The highest BCUT2D eigenvalue weighted by atomic mass is 16.6. The summed E-state index contributed by atoms with van der Waals surface area (Å²) >= 11 is 0. The largest absolute Gasteiger partial charge is 0.486 e. The van der Waals surface area contributed by atoms with Gasteiger partial charge in [0, 0.05) is 5.56 Å². The lowest BCUT2D eigenvalue weighted by Crippen LogP contribution is -2.15. The molecule has 0 amide bonds. The Morgan fingerprint density at radius 1 is 1.00 bits per heavy atom. The summed E-state index contributed by atoms with van der Waals surface area (Å²) in [5.41, 5.74) is 1.66. The van der Waals surface area contributed by atoms with E-state index in [1.54, 1.807) is 42.5 Å². The molecular weight excluding hydrogens is 334 g/mol. The van der Waals surface area contributed by atoms with E-state index < -0.39 is 5.56 Å². The summed E-state index contributed by atoms with van der Waals surface area (Å²) in [6, 6.07) is 14.2. The average molecular weight is 347 g/mol. The minimum Gasteiger partial charge on any atom is -0.486 e. The number of fused-ring (bicyclic) bond motifs is 1. The van der Waals surface area contributed by atoms with Crippen LogP contribution < -0.4 is 15.0 Å². The number of nitriles is 1. The van der Waals surface area contributed by atoms with Crippen molar-refractivity contribution in [3.8, 4) is 28.8 Å². The van der Waals surface area contributed by atoms with E-state index in [4.69, 9.17) is 14.7 Å². The van der Waals surface area contributed by atoms with E-state index in [0.717, 1.165) is 0 Å². The van der Waals surface area contributed by atoms with Gasteiger partial charge in [-0.15, -0.1) is 10.2 Å². The highest BCUT2D eigenvalue weighted by Gasteiger charge is 2.17. The molecule has 0 spiro atoms. The maximum atomic E-state index is 12.1. The number of ether oxygens (including phenoxy) is 2. The van der Waals surface area contributed by atoms with E-state index in [1.165, 1.54) is 0 Å². The van der Waals surface area contributed by atoms with E-state index in [2.05, 4.69) is 20.4 Å². The summed E-state index contributed by atoms with van der Waals surface area (Å²) in [5, 5.41) is 22.6. The minimum absolute atomic E-state index is 0.120. The lowest BCUT2D eigenvalue weighted by atomic mass is 10.1. The van der Waals surface area contributed by atoms with Crippen LogP contribution in [0.25, 0.3) is 11.3 Å². The Morgan fingerprint density at radius 2 is 1.81 bits per heavy atom. The minimum atomic E-state index is -0.409. The van der Waals surface area contributed by atoms with E-state index in [0.29, 0.717) is 47.2 Å². The van der Waals surface area contributed by atoms with Gasteiger partial charge in [0.25, 0.3) is 5.56 Å². The smallest absolute Gasteiger partial charge is 0.292 e. The second-order valence-corrected chi connectivity index (χ2v) is 5.49. The van der Waals surface area contributed by atoms with Crippen LogP contribution in [0.3, 0.4) is 0 Å². The molecule has 8 nitrogen and oxygen atoms in total. The first kappa shape index (κ1) is 15.7. The number of hydrogen-bond acceptors (Lipinski definition) is 6. The number of nitrogens with zero attached hydrogens (tertiary/aromatic N) is 3. The van der Waals surface area contributed by atoms with Crippen molar-refractivity contribution in [1.29, 1.82) is 5.26 Å². The molecular formula is C18H13N5O3. The second-order valence-electron chi connectivity index (χ2n) is 5.49. The molecule has 128 valence electrons. The molecule has 2 N–H and O–H groups in total. The topological polar surface area (TPSA) is 116 Å². The lowest BCUT2D eigenvalue weighted by molar-refractivity contribution is 0.171. The maximum absolute atomic E-state index is 12.1. The third kappa shape index (κ3) is 2.82. The first-order valence-electron chi connectivity index (χ1n) is 7.88. The Kier molecular flexibility index (Phi) is 3.95. The van der Waals surface area contributed by atoms with E-state index >= 15 is 0 Å². The van der Waals surface area contributed by atoms with Gasteiger partial charge in [0.1, 0.15) is 25.0 Å². The highest BCUT2D eigenvalue weighted by Crippen LogP contribution is 2.36. The van der Waals surface area contributed by atoms with Gasteiger partial charge in [-0.2, -0.15) is 5.26 Å². The van der Waals surface area contributed by atoms with Crippen molar-refractivity contribution in [1.82, 2.24) is 10.2 Å². The van der Waals surface area contributed by atoms with E-state index in [1.807, 2.05) is 6.07 Å². The predicted octanol–water partition coefficient (Wildman–Crippen LogP) is 3.43. The fourth-order valence-electron chi connectivity index (χ4n) is 2.61. The molecule has 0 bridgehead atoms. The second kappa shape index (κ2) is 6.57. The lowest BCUT2D eigenvalue weighted by Gasteiger charge is -2.18. The molecule has 8 heteroatoms. The zero-order valence-electron chi connectivity index (χ0n) is 13.5. The summed E-state index contributed by atoms with van der Waals surface area (Å²) in [6.45, 7) is 0.975. The zero-order chi connectivity index (χ0) is 17.9. The molecule has 0 unspecified atom stereocenters. The molecule has 0 atom stereocenters. The van der Waals surface area contributed by atoms with Crippen LogP contribution in [0.4, 0.5) is 11.4 Å². The molecule has 3 aromatic rings. The van der Waals surface area contributed by atoms with Gasteiger partial charge in [0.2, 0.25) is 0 Å². The monoisotopic (exact) mass is 347 g/mol. The van der Waals surface area contributed by atoms with Crippen molar-refractivity contribution in [2.45, 2.75) is 0 Å². The normalized spacial score (nSPS) is 12.9. The van der Waals surface area contributed by atoms with Gasteiger partial charge in [0.05, 0.1) is 11.3 Å². The Balaban J connectivity index is 1.74. The number of H-pyrrole nitrogens is 2. The average Bonchev–Trinajstić information content (AvgIpc) is 3.06. The third-order valence-corrected chi connectivity index (χ3v) is 3.87. The third-order valence-electron chi connectivity index (χ3n) is 3.87. The van der Waals surface area contributed by atoms with Crippen LogP contribution in [0, 0.1) is 11.3 Å². The number of hydrogen-bond donors (Lipinski definition) is 2. The Labute approximate surface area is 147 Å². The van der Waals surface area contributed by atoms with Gasteiger partial charge in [-0.1, -0.05) is 12.1 Å². The first-order valence-corrected chi connectivity index (χ1v) is 7.88. The molecule has 26 heavy (non-hydrogen) atoms. The summed E-state index contributed by atoms with van der Waals surface area (Å²) in [7, 11) is 0. The van der Waals surface area contributed by atoms with Gasteiger partial charge >= 0.3 is 0 Å². The van der Waals surface area contributed by atoms with Crippen LogP contribution in [-0.4, -0.2) is 23.4 Å². The first-order chi connectivity index (χ1) is 12.8. The molecule has 4 rings (SSSR count). The number of aromatic nitrogens is 2. The molecule has 1 aliphatic heterocycles. The van der Waals surface area contributed by atoms with E-state index in [9.17, 15) is 4.79 Å². The van der Waals surface area contributed by atoms with Crippen LogP contribution in [0.15, 0.2) is 57.5 Å². The molecule has 2 aromatic carbocycles. The molecule has 2 heterocycles. The number of benzene rings is 2. The van der Waals surface area contributed by atoms with Gasteiger partial charge < -0.3 is 9.47 Å². The van der Waals surface area contributed by atoms with Gasteiger partial charge in [-0.3, -0.25) is 15.0 Å². The predicted molar refractivity (Wildman–Crippen MR) is 93.2 cm³/mol. The number of rotatable bonds is 3. The van der Waals surface area contributed by atoms with E-state index in [-0.39, 0.29) is 5.69 Å². The van der Waals surface area contributed by atoms with Crippen LogP contribution >= 0.6 is 0 Å². The molecule has 0 radical (unpaired) electrons. The molecule has 0 fully saturated rings. The maximum Gasteiger partial charge on any atom is 0.292 e. The fourth-order valence-corrected chi connectivity index (χ4v) is 2.61. The summed E-state index contributed by atoms with van der Waals surface area (Å²) in [4.78, 5) is 12.1.